The van der Waals surface area contributed by atoms with E-state index in [2.05, 4.69) is 24.7 Å². The van der Waals surface area contributed by atoms with E-state index >= 15 is 0 Å². The second-order valence-electron chi connectivity index (χ2n) is 3.38. The van der Waals surface area contributed by atoms with E-state index in [1.807, 2.05) is 18.2 Å². The van der Waals surface area contributed by atoms with Crippen LogP contribution in [0.3, 0.4) is 0 Å². The lowest BCUT2D eigenvalue weighted by atomic mass is 10.0. The molecule has 0 spiro atoms. The first-order valence-electron chi connectivity index (χ1n) is 4.64. The van der Waals surface area contributed by atoms with Crippen molar-refractivity contribution in [1.29, 1.82) is 0 Å². The molecule has 2 rings (SSSR count). The summed E-state index contributed by atoms with van der Waals surface area (Å²) in [7, 11) is 0. The Morgan fingerprint density at radius 2 is 2.31 bits per heavy atom. The fourth-order valence-electron chi connectivity index (χ4n) is 1.36. The largest absolute Gasteiger partial charge is 0.322 e. The Balaban J connectivity index is 2.15. The van der Waals surface area contributed by atoms with Gasteiger partial charge in [-0.3, -0.25) is 0 Å². The number of nitrogens with zero attached hydrogens (tertiary/aromatic N) is 2. The first-order valence-corrected chi connectivity index (χ1v) is 6.54. The molecule has 1 aromatic carbocycles. The summed E-state index contributed by atoms with van der Waals surface area (Å²) >= 11 is 10.6. The topological polar surface area (TPSA) is 51.8 Å². The lowest BCUT2D eigenvalue weighted by Crippen LogP contribution is -2.13. The van der Waals surface area contributed by atoms with E-state index in [0.29, 0.717) is 11.4 Å². The molecule has 0 fully saturated rings. The van der Waals surface area contributed by atoms with Crippen molar-refractivity contribution in [3.05, 3.63) is 45.1 Å². The zero-order valence-corrected chi connectivity index (χ0v) is 11.4. The van der Waals surface area contributed by atoms with Gasteiger partial charge in [0, 0.05) is 9.50 Å². The average molecular weight is 319 g/mol. The molecule has 0 amide bonds. The molecule has 1 aromatic heterocycles. The van der Waals surface area contributed by atoms with Crippen LogP contribution in [0.25, 0.3) is 0 Å². The molecular formula is C10H9BrClN3S. The van der Waals surface area contributed by atoms with Crippen LogP contribution in [-0.4, -0.2) is 8.75 Å². The van der Waals surface area contributed by atoms with Crippen LogP contribution in [0.15, 0.2) is 28.9 Å². The highest BCUT2D eigenvalue weighted by atomic mass is 79.9. The van der Waals surface area contributed by atoms with Crippen molar-refractivity contribution in [1.82, 2.24) is 8.75 Å². The molecule has 16 heavy (non-hydrogen) atoms. The monoisotopic (exact) mass is 317 g/mol. The Labute approximate surface area is 111 Å². The number of nitrogens with two attached hydrogens (primary N) is 1. The van der Waals surface area contributed by atoms with Gasteiger partial charge in [0.05, 0.1) is 29.7 Å². The minimum Gasteiger partial charge on any atom is -0.322 e. The SMILES string of the molecule is NC(Cc1ccc(Br)cc1Cl)c1cnsn1. The van der Waals surface area contributed by atoms with Crippen LogP contribution in [0.4, 0.5) is 0 Å². The van der Waals surface area contributed by atoms with Crippen molar-refractivity contribution in [2.24, 2.45) is 5.73 Å². The van der Waals surface area contributed by atoms with Crippen molar-refractivity contribution >= 4 is 39.3 Å². The van der Waals surface area contributed by atoms with E-state index in [0.717, 1.165) is 27.5 Å². The second kappa shape index (κ2) is 5.23. The van der Waals surface area contributed by atoms with Crippen LogP contribution in [0.5, 0.6) is 0 Å². The number of hydrogen-bond donors (Lipinski definition) is 1. The van der Waals surface area contributed by atoms with Gasteiger partial charge in [-0.25, -0.2) is 0 Å². The summed E-state index contributed by atoms with van der Waals surface area (Å²) in [5.74, 6) is 0. The molecule has 0 bridgehead atoms. The van der Waals surface area contributed by atoms with Gasteiger partial charge in [-0.15, -0.1) is 0 Å². The average Bonchev–Trinajstić information content (AvgIpc) is 2.75. The lowest BCUT2D eigenvalue weighted by Gasteiger charge is -2.10. The molecule has 2 N–H and O–H groups in total. The van der Waals surface area contributed by atoms with Gasteiger partial charge in [0.15, 0.2) is 0 Å². The maximum absolute atomic E-state index is 6.12. The molecule has 0 radical (unpaired) electrons. The van der Waals surface area contributed by atoms with Crippen LogP contribution in [0.1, 0.15) is 17.3 Å². The predicted molar refractivity (Wildman–Crippen MR) is 69.7 cm³/mol. The Kier molecular flexibility index (Phi) is 3.91. The van der Waals surface area contributed by atoms with Crippen LogP contribution in [0.2, 0.25) is 5.02 Å². The van der Waals surface area contributed by atoms with E-state index in [4.69, 9.17) is 17.3 Å². The molecule has 3 nitrogen and oxygen atoms in total. The molecule has 0 aliphatic carbocycles. The van der Waals surface area contributed by atoms with E-state index in [9.17, 15) is 0 Å². The highest BCUT2D eigenvalue weighted by molar-refractivity contribution is 9.10. The van der Waals surface area contributed by atoms with E-state index in [1.54, 1.807) is 6.20 Å². The molecule has 0 saturated carbocycles. The molecule has 1 atom stereocenters. The summed E-state index contributed by atoms with van der Waals surface area (Å²) in [5, 5.41) is 0.716. The summed E-state index contributed by atoms with van der Waals surface area (Å²) in [6, 6.07) is 5.62. The highest BCUT2D eigenvalue weighted by Crippen LogP contribution is 2.24. The highest BCUT2D eigenvalue weighted by Gasteiger charge is 2.12. The molecule has 0 aliphatic heterocycles. The quantitative estimate of drug-likeness (QED) is 0.945. The molecule has 2 aromatic rings. The number of benzene rings is 1. The van der Waals surface area contributed by atoms with Crippen LogP contribution >= 0.6 is 39.3 Å². The number of rotatable bonds is 3. The molecular weight excluding hydrogens is 310 g/mol. The summed E-state index contributed by atoms with van der Waals surface area (Å²) < 4.78 is 9.01. The van der Waals surface area contributed by atoms with Gasteiger partial charge in [0.1, 0.15) is 0 Å². The van der Waals surface area contributed by atoms with Gasteiger partial charge in [0.2, 0.25) is 0 Å². The second-order valence-corrected chi connectivity index (χ2v) is 5.26. The van der Waals surface area contributed by atoms with Crippen LogP contribution in [0, 0.1) is 0 Å². The van der Waals surface area contributed by atoms with Crippen LogP contribution < -0.4 is 5.73 Å². The Bertz CT molecular complexity index is 475. The van der Waals surface area contributed by atoms with Crippen molar-refractivity contribution in [2.75, 3.05) is 0 Å². The van der Waals surface area contributed by atoms with Gasteiger partial charge in [-0.2, -0.15) is 8.75 Å². The first kappa shape index (κ1) is 12.0. The lowest BCUT2D eigenvalue weighted by molar-refractivity contribution is 0.704. The molecule has 0 aliphatic rings. The third-order valence-corrected chi connectivity index (χ3v) is 3.55. The van der Waals surface area contributed by atoms with Crippen molar-refractivity contribution in [2.45, 2.75) is 12.5 Å². The normalized spacial score (nSPS) is 12.7. The maximum Gasteiger partial charge on any atom is 0.0913 e. The number of aromatic nitrogens is 2. The Hall–Kier alpha value is -0.490. The number of halogens is 2. The van der Waals surface area contributed by atoms with Crippen molar-refractivity contribution < 1.29 is 0 Å². The first-order chi connectivity index (χ1) is 7.66. The summed E-state index contributed by atoms with van der Waals surface area (Å²) in [6.45, 7) is 0. The molecule has 6 heteroatoms. The molecule has 84 valence electrons. The van der Waals surface area contributed by atoms with Crippen LogP contribution in [-0.2, 0) is 6.42 Å². The van der Waals surface area contributed by atoms with Gasteiger partial charge in [-0.1, -0.05) is 33.6 Å². The molecule has 1 unspecified atom stereocenters. The van der Waals surface area contributed by atoms with Gasteiger partial charge in [-0.05, 0) is 24.1 Å². The fraction of sp³-hybridized carbons (Fsp3) is 0.200. The number of hydrogen-bond acceptors (Lipinski definition) is 4. The van der Waals surface area contributed by atoms with Gasteiger partial charge in [0.25, 0.3) is 0 Å². The Morgan fingerprint density at radius 1 is 1.50 bits per heavy atom. The zero-order chi connectivity index (χ0) is 11.5. The summed E-state index contributed by atoms with van der Waals surface area (Å²) in [5.41, 5.74) is 7.84. The van der Waals surface area contributed by atoms with E-state index in [-0.39, 0.29) is 6.04 Å². The van der Waals surface area contributed by atoms with E-state index in [1.165, 1.54) is 0 Å². The maximum atomic E-state index is 6.12. The third-order valence-electron chi connectivity index (χ3n) is 2.21. The van der Waals surface area contributed by atoms with Crippen molar-refractivity contribution in [3.63, 3.8) is 0 Å². The standard InChI is InChI=1S/C10H9BrClN3S/c11-7-2-1-6(8(12)4-7)3-9(13)10-5-14-16-15-10/h1-2,4-5,9H,3,13H2. The molecule has 1 heterocycles. The Morgan fingerprint density at radius 3 is 2.94 bits per heavy atom. The van der Waals surface area contributed by atoms with Gasteiger partial charge < -0.3 is 5.73 Å². The minimum atomic E-state index is -0.155. The predicted octanol–water partition coefficient (Wildman–Crippen LogP) is 3.20. The summed E-state index contributed by atoms with van der Waals surface area (Å²) in [4.78, 5) is 0. The fourth-order valence-corrected chi connectivity index (χ4v) is 2.59. The smallest absolute Gasteiger partial charge is 0.0913 e. The minimum absolute atomic E-state index is 0.155. The third kappa shape index (κ3) is 2.79. The summed E-state index contributed by atoms with van der Waals surface area (Å²) in [6.07, 6.45) is 2.36. The van der Waals surface area contributed by atoms with Gasteiger partial charge >= 0.3 is 0 Å². The zero-order valence-electron chi connectivity index (χ0n) is 8.23. The van der Waals surface area contributed by atoms with E-state index < -0.39 is 0 Å². The molecule has 0 saturated heterocycles. The van der Waals surface area contributed by atoms with Crippen molar-refractivity contribution in [3.8, 4) is 0 Å².